The molecule has 0 fully saturated rings. The zero-order valence-electron chi connectivity index (χ0n) is 10.9. The van der Waals surface area contributed by atoms with Gasteiger partial charge in [-0.15, -0.1) is 11.3 Å². The van der Waals surface area contributed by atoms with Crippen LogP contribution in [0.1, 0.15) is 29.2 Å². The number of rotatable bonds is 5. The van der Waals surface area contributed by atoms with Gasteiger partial charge in [-0.2, -0.15) is 0 Å². The fourth-order valence-corrected chi connectivity index (χ4v) is 3.71. The summed E-state index contributed by atoms with van der Waals surface area (Å²) in [4.78, 5) is 4.56. The van der Waals surface area contributed by atoms with Gasteiger partial charge in [-0.25, -0.2) is 4.98 Å². The van der Waals surface area contributed by atoms with Gasteiger partial charge >= 0.3 is 0 Å². The van der Waals surface area contributed by atoms with Crippen LogP contribution in [0.25, 0.3) is 0 Å². The summed E-state index contributed by atoms with van der Waals surface area (Å²) in [6, 6.07) is 6.57. The summed E-state index contributed by atoms with van der Waals surface area (Å²) < 4.78 is 2.24. The van der Waals surface area contributed by atoms with Gasteiger partial charge in [0.1, 0.15) is 0 Å². The third-order valence-corrected chi connectivity index (χ3v) is 5.03. The maximum absolute atomic E-state index is 4.56. The highest BCUT2D eigenvalue weighted by Gasteiger charge is 2.16. The molecule has 1 atom stereocenters. The molecule has 0 radical (unpaired) electrons. The van der Waals surface area contributed by atoms with Crippen molar-refractivity contribution in [1.82, 2.24) is 10.3 Å². The van der Waals surface area contributed by atoms with E-state index in [0.29, 0.717) is 0 Å². The molecule has 19 heavy (non-hydrogen) atoms. The summed E-state index contributed by atoms with van der Waals surface area (Å²) in [5.74, 6) is 0. The number of hydrogen-bond donors (Lipinski definition) is 1. The Balaban J connectivity index is 2.26. The summed E-state index contributed by atoms with van der Waals surface area (Å²) in [5, 5.41) is 6.82. The first-order chi connectivity index (χ1) is 9.10. The molecule has 0 aliphatic heterocycles. The highest BCUT2D eigenvalue weighted by Crippen LogP contribution is 2.29. The average Bonchev–Trinajstić information content (AvgIpc) is 2.77. The van der Waals surface area contributed by atoms with Crippen molar-refractivity contribution in [3.8, 4) is 0 Å². The van der Waals surface area contributed by atoms with Gasteiger partial charge < -0.3 is 5.32 Å². The smallest absolute Gasteiger partial charge is 0.0947 e. The highest BCUT2D eigenvalue weighted by molar-refractivity contribution is 9.11. The first-order valence-electron chi connectivity index (χ1n) is 6.19. The Morgan fingerprint density at radius 1 is 1.37 bits per heavy atom. The molecule has 0 saturated heterocycles. The fraction of sp³-hybridized carbons (Fsp3) is 0.357. The second-order valence-corrected chi connectivity index (χ2v) is 7.08. The summed E-state index contributed by atoms with van der Waals surface area (Å²) in [7, 11) is 0. The molecule has 0 bridgehead atoms. The van der Waals surface area contributed by atoms with E-state index in [1.54, 1.807) is 11.3 Å². The predicted molar refractivity (Wildman–Crippen MR) is 88.8 cm³/mol. The Morgan fingerprint density at radius 2 is 2.16 bits per heavy atom. The van der Waals surface area contributed by atoms with Crippen molar-refractivity contribution < 1.29 is 0 Å². The molecule has 0 amide bonds. The number of nitrogens with one attached hydrogen (secondary N) is 1. The zero-order chi connectivity index (χ0) is 13.8. The first-order valence-corrected chi connectivity index (χ1v) is 8.66. The summed E-state index contributed by atoms with van der Waals surface area (Å²) in [5.41, 5.74) is 2.37. The van der Waals surface area contributed by atoms with E-state index in [9.17, 15) is 0 Å². The number of thiazole rings is 1. The van der Waals surface area contributed by atoms with Crippen LogP contribution in [0.15, 0.2) is 32.5 Å². The van der Waals surface area contributed by atoms with E-state index in [1.165, 1.54) is 10.6 Å². The molecule has 2 aromatic rings. The Kier molecular flexibility index (Phi) is 5.57. The van der Waals surface area contributed by atoms with E-state index in [1.807, 2.05) is 13.0 Å². The largest absolute Gasteiger partial charge is 0.310 e. The van der Waals surface area contributed by atoms with Gasteiger partial charge in [0.25, 0.3) is 0 Å². The molecule has 5 heteroatoms. The number of aryl methyl sites for hydroxylation is 1. The quantitative estimate of drug-likeness (QED) is 0.770. The molecule has 1 unspecified atom stereocenters. The fourth-order valence-electron chi connectivity index (χ4n) is 1.99. The van der Waals surface area contributed by atoms with Crippen molar-refractivity contribution in [2.45, 2.75) is 26.3 Å². The van der Waals surface area contributed by atoms with Gasteiger partial charge in [-0.3, -0.25) is 0 Å². The molecule has 1 aromatic carbocycles. The minimum atomic E-state index is 0.280. The van der Waals surface area contributed by atoms with Crippen LogP contribution in [0, 0.1) is 6.92 Å². The molecular weight excluding hydrogens is 388 g/mol. The Hall–Kier alpha value is -0.230. The lowest BCUT2D eigenvalue weighted by Crippen LogP contribution is -2.23. The topological polar surface area (TPSA) is 24.9 Å². The molecule has 1 heterocycles. The molecule has 2 nitrogen and oxygen atoms in total. The molecule has 0 aliphatic rings. The normalized spacial score (nSPS) is 12.6. The van der Waals surface area contributed by atoms with Crippen LogP contribution in [-0.2, 0) is 6.42 Å². The van der Waals surface area contributed by atoms with Crippen molar-refractivity contribution in [1.29, 1.82) is 0 Å². The molecule has 0 saturated carbocycles. The van der Waals surface area contributed by atoms with Crippen LogP contribution in [0.3, 0.4) is 0 Å². The molecule has 2 rings (SSSR count). The lowest BCUT2D eigenvalue weighted by molar-refractivity contribution is 0.546. The summed E-state index contributed by atoms with van der Waals surface area (Å²) >= 11 is 8.92. The maximum atomic E-state index is 4.56. The number of halogens is 2. The lowest BCUT2D eigenvalue weighted by Gasteiger charge is -2.19. The van der Waals surface area contributed by atoms with Crippen LogP contribution in [0.4, 0.5) is 0 Å². The van der Waals surface area contributed by atoms with Crippen LogP contribution >= 0.6 is 43.2 Å². The lowest BCUT2D eigenvalue weighted by atomic mass is 10.0. The Labute approximate surface area is 134 Å². The average molecular weight is 404 g/mol. The molecule has 0 aliphatic carbocycles. The number of aromatic nitrogens is 1. The van der Waals surface area contributed by atoms with E-state index in [4.69, 9.17) is 0 Å². The minimum absolute atomic E-state index is 0.280. The Bertz CT molecular complexity index is 554. The number of likely N-dealkylation sites (N-methyl/N-ethyl adjacent to an activating group) is 1. The number of hydrogen-bond acceptors (Lipinski definition) is 3. The van der Waals surface area contributed by atoms with E-state index in [-0.39, 0.29) is 6.04 Å². The van der Waals surface area contributed by atoms with E-state index in [2.05, 4.69) is 66.6 Å². The zero-order valence-corrected chi connectivity index (χ0v) is 14.9. The third-order valence-electron chi connectivity index (χ3n) is 2.83. The van der Waals surface area contributed by atoms with Gasteiger partial charge in [-0.1, -0.05) is 38.8 Å². The second kappa shape index (κ2) is 6.97. The predicted octanol–water partition coefficient (Wildman–Crippen LogP) is 4.87. The van der Waals surface area contributed by atoms with E-state index >= 15 is 0 Å². The second-order valence-electron chi connectivity index (χ2n) is 4.36. The highest BCUT2D eigenvalue weighted by atomic mass is 79.9. The van der Waals surface area contributed by atoms with Crippen molar-refractivity contribution >= 4 is 43.2 Å². The van der Waals surface area contributed by atoms with E-state index < -0.39 is 0 Å². The van der Waals surface area contributed by atoms with Gasteiger partial charge in [0.15, 0.2) is 0 Å². The molecule has 0 spiro atoms. The molecule has 102 valence electrons. The number of benzene rings is 1. The van der Waals surface area contributed by atoms with E-state index in [0.717, 1.165) is 27.6 Å². The number of nitrogens with zero attached hydrogens (tertiary/aromatic N) is 1. The van der Waals surface area contributed by atoms with Gasteiger partial charge in [0.2, 0.25) is 0 Å². The van der Waals surface area contributed by atoms with Gasteiger partial charge in [-0.05, 0) is 37.2 Å². The third kappa shape index (κ3) is 4.12. The van der Waals surface area contributed by atoms with Crippen LogP contribution < -0.4 is 5.32 Å². The molecule has 1 aromatic heterocycles. The van der Waals surface area contributed by atoms with Crippen molar-refractivity contribution in [2.24, 2.45) is 0 Å². The molecular formula is C14H16Br2N2S. The standard InChI is InChI=1S/C14H16Br2N2S/c1-3-17-13(7-14-18-9(2)8-19-14)11-6-10(15)4-5-12(11)16/h4-6,8,13,17H,3,7H2,1-2H3. The molecule has 1 N–H and O–H groups in total. The Morgan fingerprint density at radius 3 is 2.79 bits per heavy atom. The van der Waals surface area contributed by atoms with Crippen molar-refractivity contribution in [3.63, 3.8) is 0 Å². The van der Waals surface area contributed by atoms with Gasteiger partial charge in [0.05, 0.1) is 5.01 Å². The minimum Gasteiger partial charge on any atom is -0.310 e. The van der Waals surface area contributed by atoms with Crippen molar-refractivity contribution in [2.75, 3.05) is 6.54 Å². The van der Waals surface area contributed by atoms with Crippen molar-refractivity contribution in [3.05, 3.63) is 48.8 Å². The monoisotopic (exact) mass is 402 g/mol. The summed E-state index contributed by atoms with van der Waals surface area (Å²) in [6.45, 7) is 5.11. The maximum Gasteiger partial charge on any atom is 0.0947 e. The summed E-state index contributed by atoms with van der Waals surface area (Å²) in [6.07, 6.45) is 0.918. The van der Waals surface area contributed by atoms with Crippen LogP contribution in [-0.4, -0.2) is 11.5 Å². The first kappa shape index (κ1) is 15.2. The van der Waals surface area contributed by atoms with Crippen LogP contribution in [0.2, 0.25) is 0 Å². The van der Waals surface area contributed by atoms with Gasteiger partial charge in [0, 0.05) is 32.5 Å². The van der Waals surface area contributed by atoms with Crippen LogP contribution in [0.5, 0.6) is 0 Å². The SMILES string of the molecule is CCNC(Cc1nc(C)cs1)c1cc(Br)ccc1Br.